The summed E-state index contributed by atoms with van der Waals surface area (Å²) in [4.78, 5) is 25.0. The van der Waals surface area contributed by atoms with Crippen molar-refractivity contribution in [3.05, 3.63) is 69.6 Å². The molecule has 0 aliphatic carbocycles. The largest absolute Gasteiger partial charge is 0.425 e. The quantitative estimate of drug-likeness (QED) is 0.327. The fourth-order valence-corrected chi connectivity index (χ4v) is 4.55. The van der Waals surface area contributed by atoms with Crippen molar-refractivity contribution in [3.63, 3.8) is 0 Å². The first-order chi connectivity index (χ1) is 15.0. The summed E-state index contributed by atoms with van der Waals surface area (Å²) in [5.41, 5.74) is 2.07. The summed E-state index contributed by atoms with van der Waals surface area (Å²) >= 11 is 0. The molecule has 170 valence electrons. The lowest BCUT2D eigenvalue weighted by molar-refractivity contribution is -0.137. The van der Waals surface area contributed by atoms with E-state index in [1.165, 1.54) is 18.2 Å². The molecule has 0 spiro atoms. The van der Waals surface area contributed by atoms with E-state index in [0.717, 1.165) is 16.5 Å². The minimum Gasteiger partial charge on any atom is -0.425 e. The van der Waals surface area contributed by atoms with Crippen molar-refractivity contribution in [2.75, 3.05) is 0 Å². The molecule has 0 aliphatic heterocycles. The van der Waals surface area contributed by atoms with Crippen molar-refractivity contribution in [1.82, 2.24) is 4.72 Å². The van der Waals surface area contributed by atoms with E-state index in [9.17, 15) is 18.0 Å². The third-order valence-corrected chi connectivity index (χ3v) is 7.18. The molecule has 32 heavy (non-hydrogen) atoms. The van der Waals surface area contributed by atoms with E-state index in [-0.39, 0.29) is 16.6 Å². The third kappa shape index (κ3) is 4.92. The smallest absolute Gasteiger partial charge is 0.339 e. The second-order valence-electron chi connectivity index (χ2n) is 8.02. The highest BCUT2D eigenvalue weighted by Crippen LogP contribution is 2.25. The zero-order valence-electron chi connectivity index (χ0n) is 18.8. The maximum Gasteiger partial charge on any atom is 0.339 e. The van der Waals surface area contributed by atoms with Gasteiger partial charge in [0.1, 0.15) is 17.4 Å². The average molecular weight is 458 g/mol. The Labute approximate surface area is 187 Å². The Morgan fingerprint density at radius 3 is 2.34 bits per heavy atom. The van der Waals surface area contributed by atoms with E-state index in [0.29, 0.717) is 17.6 Å². The predicted octanol–water partition coefficient (Wildman–Crippen LogP) is 4.02. The molecule has 0 saturated carbocycles. The van der Waals surface area contributed by atoms with Gasteiger partial charge in [-0.3, -0.25) is 0 Å². The molecule has 1 heterocycles. The van der Waals surface area contributed by atoms with Crippen LogP contribution < -0.4 is 15.1 Å². The highest BCUT2D eigenvalue weighted by molar-refractivity contribution is 7.89. The van der Waals surface area contributed by atoms with Crippen molar-refractivity contribution >= 4 is 27.0 Å². The minimum absolute atomic E-state index is 0.0718. The van der Waals surface area contributed by atoms with Gasteiger partial charge in [0.2, 0.25) is 10.0 Å². The molecule has 0 aliphatic rings. The van der Waals surface area contributed by atoms with Gasteiger partial charge in [-0.1, -0.05) is 38.0 Å². The van der Waals surface area contributed by atoms with E-state index in [1.54, 1.807) is 38.1 Å². The molecule has 0 amide bonds. The highest BCUT2D eigenvalue weighted by Gasteiger charge is 2.31. The Morgan fingerprint density at radius 1 is 1.06 bits per heavy atom. The van der Waals surface area contributed by atoms with Gasteiger partial charge in [-0.2, -0.15) is 4.72 Å². The zero-order chi connectivity index (χ0) is 23.6. The molecule has 0 bridgehead atoms. The number of hydrogen-bond acceptors (Lipinski definition) is 6. The van der Waals surface area contributed by atoms with E-state index < -0.39 is 27.7 Å². The van der Waals surface area contributed by atoms with Crippen molar-refractivity contribution < 1.29 is 22.4 Å². The summed E-state index contributed by atoms with van der Waals surface area (Å²) in [6.07, 6.45) is 0.557. The molecular formula is C24H27NO6S. The number of hydrogen-bond donors (Lipinski definition) is 1. The lowest BCUT2D eigenvalue weighted by Crippen LogP contribution is -2.46. The van der Waals surface area contributed by atoms with Gasteiger partial charge in [0.25, 0.3) is 0 Å². The second kappa shape index (κ2) is 9.26. The van der Waals surface area contributed by atoms with Gasteiger partial charge in [0, 0.05) is 17.0 Å². The van der Waals surface area contributed by atoms with Gasteiger partial charge in [0.15, 0.2) is 0 Å². The van der Waals surface area contributed by atoms with Crippen LogP contribution in [0.25, 0.3) is 11.0 Å². The van der Waals surface area contributed by atoms with Crippen LogP contribution in [0.4, 0.5) is 0 Å². The summed E-state index contributed by atoms with van der Waals surface area (Å²) < 4.78 is 39.0. The number of sulfonamides is 1. The number of ether oxygens (including phenoxy) is 1. The Kier molecular flexibility index (Phi) is 6.85. The van der Waals surface area contributed by atoms with Crippen LogP contribution in [0.2, 0.25) is 0 Å². The van der Waals surface area contributed by atoms with Crippen LogP contribution in [0, 0.1) is 26.7 Å². The van der Waals surface area contributed by atoms with Gasteiger partial charge in [-0.25, -0.2) is 18.0 Å². The van der Waals surface area contributed by atoms with Crippen molar-refractivity contribution in [2.45, 2.75) is 52.0 Å². The van der Waals surface area contributed by atoms with Gasteiger partial charge >= 0.3 is 11.6 Å². The summed E-state index contributed by atoms with van der Waals surface area (Å²) in [7, 11) is -3.93. The molecule has 0 radical (unpaired) electrons. The van der Waals surface area contributed by atoms with Crippen LogP contribution in [0.3, 0.4) is 0 Å². The Morgan fingerprint density at radius 2 is 1.72 bits per heavy atom. The maximum absolute atomic E-state index is 13.0. The lowest BCUT2D eigenvalue weighted by atomic mass is 10.0. The van der Waals surface area contributed by atoms with Gasteiger partial charge in [-0.05, 0) is 56.5 Å². The van der Waals surface area contributed by atoms with Crippen LogP contribution >= 0.6 is 0 Å². The van der Waals surface area contributed by atoms with E-state index in [1.807, 2.05) is 20.8 Å². The first kappa shape index (κ1) is 23.7. The molecule has 0 unspecified atom stereocenters. The monoisotopic (exact) mass is 457 g/mol. The van der Waals surface area contributed by atoms with Gasteiger partial charge in [0.05, 0.1) is 4.90 Å². The van der Waals surface area contributed by atoms with Gasteiger partial charge < -0.3 is 9.15 Å². The van der Waals surface area contributed by atoms with Crippen LogP contribution in [-0.4, -0.2) is 20.4 Å². The number of carbonyl (C=O) groups is 1. The summed E-state index contributed by atoms with van der Waals surface area (Å²) in [5, 5.41) is 0.737. The average Bonchev–Trinajstić information content (AvgIpc) is 2.75. The van der Waals surface area contributed by atoms with Crippen LogP contribution in [0.15, 0.2) is 56.6 Å². The van der Waals surface area contributed by atoms with E-state index >= 15 is 0 Å². The minimum atomic E-state index is -3.93. The number of nitrogens with one attached hydrogen (secondary N) is 1. The number of aryl methyl sites for hydroxylation is 2. The number of rotatable bonds is 7. The lowest BCUT2D eigenvalue weighted by Gasteiger charge is -2.22. The molecule has 0 fully saturated rings. The first-order valence-corrected chi connectivity index (χ1v) is 11.9. The van der Waals surface area contributed by atoms with Crippen molar-refractivity contribution in [3.8, 4) is 5.75 Å². The standard InChI is InChI=1S/C24H27NO6S/c1-6-15(3)22(25-32(28,29)19-10-7-14(2)8-11-19)24(27)30-18-9-12-20-16(4)17(5)23(26)31-21(20)13-18/h7-13,15,22,25H,6H2,1-5H3/t15-,22+/m0/s1. The summed E-state index contributed by atoms with van der Waals surface area (Å²) in [5.74, 6) is -0.886. The molecule has 3 rings (SSSR count). The molecule has 1 aromatic heterocycles. The number of fused-ring (bicyclic) bond motifs is 1. The number of carbonyl (C=O) groups excluding carboxylic acids is 1. The molecule has 2 aromatic carbocycles. The number of benzene rings is 2. The molecule has 7 nitrogen and oxygen atoms in total. The number of esters is 1. The normalized spacial score (nSPS) is 13.7. The molecule has 0 saturated heterocycles. The summed E-state index contributed by atoms with van der Waals surface area (Å²) in [6, 6.07) is 10.0. The SMILES string of the molecule is CC[C@H](C)[C@@H](NS(=O)(=O)c1ccc(C)cc1)C(=O)Oc1ccc2c(C)c(C)c(=O)oc2c1. The molecule has 8 heteroatoms. The second-order valence-corrected chi connectivity index (χ2v) is 9.73. The predicted molar refractivity (Wildman–Crippen MR) is 122 cm³/mol. The van der Waals surface area contributed by atoms with Crippen LogP contribution in [0.1, 0.15) is 37.0 Å². The topological polar surface area (TPSA) is 103 Å². The molecule has 3 aromatic rings. The van der Waals surface area contributed by atoms with Crippen LogP contribution in [0.5, 0.6) is 5.75 Å². The zero-order valence-corrected chi connectivity index (χ0v) is 19.6. The molecular weight excluding hydrogens is 430 g/mol. The fourth-order valence-electron chi connectivity index (χ4n) is 3.26. The van der Waals surface area contributed by atoms with Crippen LogP contribution in [-0.2, 0) is 14.8 Å². The Hall–Kier alpha value is -2.97. The van der Waals surface area contributed by atoms with E-state index in [2.05, 4.69) is 4.72 Å². The summed E-state index contributed by atoms with van der Waals surface area (Å²) in [6.45, 7) is 9.00. The van der Waals surface area contributed by atoms with Crippen molar-refractivity contribution in [1.29, 1.82) is 0 Å². The highest BCUT2D eigenvalue weighted by atomic mass is 32.2. The fraction of sp³-hybridized carbons (Fsp3) is 0.333. The van der Waals surface area contributed by atoms with Gasteiger partial charge in [-0.15, -0.1) is 0 Å². The molecule has 2 atom stereocenters. The maximum atomic E-state index is 13.0. The Balaban J connectivity index is 1.89. The first-order valence-electron chi connectivity index (χ1n) is 10.4. The third-order valence-electron chi connectivity index (χ3n) is 5.73. The van der Waals surface area contributed by atoms with E-state index in [4.69, 9.17) is 9.15 Å². The van der Waals surface area contributed by atoms with Crippen molar-refractivity contribution in [2.24, 2.45) is 5.92 Å². The molecule has 1 N–H and O–H groups in total. The Bertz CT molecular complexity index is 1310.